The standard InChI is InChI=1S/C27H30N2O4/c1-20(2)33-29-26(23-6-4-3-5-7-23)19-32-25-15-10-22(11-16-25)18-28-24-13-8-21(9-14-24)12-17-27(30)31/h3-11,13-16,20,28H,12,17-19H2,1-2H3,(H,30,31)/b29-26+. The Morgan fingerprint density at radius 2 is 1.61 bits per heavy atom. The molecule has 6 heteroatoms. The molecule has 2 N–H and O–H groups in total. The molecule has 0 amide bonds. The second-order valence-corrected chi connectivity index (χ2v) is 7.94. The minimum atomic E-state index is -0.780. The van der Waals surface area contributed by atoms with Crippen LogP contribution in [0.15, 0.2) is 84.0 Å². The maximum absolute atomic E-state index is 10.7. The fourth-order valence-electron chi connectivity index (χ4n) is 3.06. The van der Waals surface area contributed by atoms with E-state index in [4.69, 9.17) is 14.7 Å². The van der Waals surface area contributed by atoms with E-state index < -0.39 is 5.97 Å². The molecule has 33 heavy (non-hydrogen) atoms. The van der Waals surface area contributed by atoms with Gasteiger partial charge in [0.25, 0.3) is 0 Å². The third-order valence-corrected chi connectivity index (χ3v) is 4.86. The summed E-state index contributed by atoms with van der Waals surface area (Å²) >= 11 is 0. The van der Waals surface area contributed by atoms with E-state index in [1.165, 1.54) is 0 Å². The topological polar surface area (TPSA) is 80.2 Å². The van der Waals surface area contributed by atoms with Gasteiger partial charge in [-0.15, -0.1) is 0 Å². The summed E-state index contributed by atoms with van der Waals surface area (Å²) in [5.74, 6) is -0.0215. The maximum atomic E-state index is 10.7. The van der Waals surface area contributed by atoms with Crippen LogP contribution in [-0.4, -0.2) is 29.5 Å². The number of carboxylic acids is 1. The zero-order valence-electron chi connectivity index (χ0n) is 19.0. The van der Waals surface area contributed by atoms with Crippen molar-refractivity contribution in [2.45, 2.75) is 39.3 Å². The first-order chi connectivity index (χ1) is 16.0. The summed E-state index contributed by atoms with van der Waals surface area (Å²) in [6.07, 6.45) is 0.679. The highest BCUT2D eigenvalue weighted by Gasteiger charge is 2.07. The average Bonchev–Trinajstić information content (AvgIpc) is 2.83. The third-order valence-electron chi connectivity index (χ3n) is 4.86. The van der Waals surface area contributed by atoms with Crippen molar-refractivity contribution in [3.8, 4) is 5.75 Å². The highest BCUT2D eigenvalue weighted by Crippen LogP contribution is 2.16. The van der Waals surface area contributed by atoms with E-state index in [9.17, 15) is 4.79 Å². The Kier molecular flexibility index (Phi) is 8.88. The molecule has 3 aromatic rings. The molecule has 0 fully saturated rings. The third kappa shape index (κ3) is 8.33. The van der Waals surface area contributed by atoms with E-state index in [0.717, 1.165) is 33.8 Å². The van der Waals surface area contributed by atoms with Crippen LogP contribution < -0.4 is 10.1 Å². The number of benzene rings is 3. The van der Waals surface area contributed by atoms with Crippen LogP contribution in [0.25, 0.3) is 0 Å². The lowest BCUT2D eigenvalue weighted by atomic mass is 10.1. The monoisotopic (exact) mass is 446 g/mol. The van der Waals surface area contributed by atoms with Crippen molar-refractivity contribution in [2.75, 3.05) is 11.9 Å². The van der Waals surface area contributed by atoms with Gasteiger partial charge in [0.1, 0.15) is 24.2 Å². The number of hydrogen-bond donors (Lipinski definition) is 2. The van der Waals surface area contributed by atoms with Crippen LogP contribution in [0, 0.1) is 0 Å². The minimum absolute atomic E-state index is 0.00330. The summed E-state index contributed by atoms with van der Waals surface area (Å²) in [6.45, 7) is 4.86. The molecule has 3 aromatic carbocycles. The second kappa shape index (κ2) is 12.3. The van der Waals surface area contributed by atoms with Gasteiger partial charge < -0.3 is 20.0 Å². The van der Waals surface area contributed by atoms with Gasteiger partial charge in [-0.2, -0.15) is 0 Å². The quantitative estimate of drug-likeness (QED) is 0.283. The predicted octanol–water partition coefficient (Wildman–Crippen LogP) is 5.52. The van der Waals surface area contributed by atoms with Crippen molar-refractivity contribution in [2.24, 2.45) is 5.16 Å². The summed E-state index contributed by atoms with van der Waals surface area (Å²) in [6, 6.07) is 25.6. The van der Waals surface area contributed by atoms with Gasteiger partial charge in [0.2, 0.25) is 0 Å². The average molecular weight is 447 g/mol. The molecule has 0 aliphatic heterocycles. The molecule has 0 aliphatic rings. The summed E-state index contributed by atoms with van der Waals surface area (Å²) in [5, 5.41) is 16.4. The van der Waals surface area contributed by atoms with Crippen molar-refractivity contribution in [1.82, 2.24) is 0 Å². The number of aryl methyl sites for hydroxylation is 1. The fourth-order valence-corrected chi connectivity index (χ4v) is 3.06. The van der Waals surface area contributed by atoms with Crippen LogP contribution in [0.2, 0.25) is 0 Å². The molecule has 6 nitrogen and oxygen atoms in total. The van der Waals surface area contributed by atoms with Gasteiger partial charge in [0.05, 0.1) is 0 Å². The number of nitrogens with zero attached hydrogens (tertiary/aromatic N) is 1. The summed E-state index contributed by atoms with van der Waals surface area (Å²) in [4.78, 5) is 16.1. The van der Waals surface area contributed by atoms with Gasteiger partial charge >= 0.3 is 5.97 Å². The largest absolute Gasteiger partial charge is 0.487 e. The Morgan fingerprint density at radius 1 is 0.939 bits per heavy atom. The highest BCUT2D eigenvalue weighted by molar-refractivity contribution is 6.01. The van der Waals surface area contributed by atoms with E-state index >= 15 is 0 Å². The van der Waals surface area contributed by atoms with Crippen LogP contribution in [0.5, 0.6) is 5.75 Å². The van der Waals surface area contributed by atoms with E-state index in [1.54, 1.807) is 0 Å². The van der Waals surface area contributed by atoms with Crippen molar-refractivity contribution in [1.29, 1.82) is 0 Å². The van der Waals surface area contributed by atoms with Gasteiger partial charge in [-0.3, -0.25) is 4.79 Å². The molecule has 0 saturated carbocycles. The first-order valence-electron chi connectivity index (χ1n) is 11.0. The normalized spacial score (nSPS) is 11.3. The smallest absolute Gasteiger partial charge is 0.303 e. The van der Waals surface area contributed by atoms with Crippen LogP contribution in [0.4, 0.5) is 5.69 Å². The number of rotatable bonds is 12. The summed E-state index contributed by atoms with van der Waals surface area (Å²) < 4.78 is 5.95. The molecular formula is C27H30N2O4. The van der Waals surface area contributed by atoms with Gasteiger partial charge in [0.15, 0.2) is 0 Å². The predicted molar refractivity (Wildman–Crippen MR) is 131 cm³/mol. The molecule has 0 atom stereocenters. The Hall–Kier alpha value is -3.80. The zero-order chi connectivity index (χ0) is 23.5. The Balaban J connectivity index is 1.52. The number of oxime groups is 1. The Bertz CT molecular complexity index is 1030. The molecule has 172 valence electrons. The number of aliphatic carboxylic acids is 1. The van der Waals surface area contributed by atoms with Crippen LogP contribution >= 0.6 is 0 Å². The number of carboxylic acid groups (broad SMARTS) is 1. The molecule has 0 spiro atoms. The first kappa shape index (κ1) is 23.9. The molecule has 0 heterocycles. The minimum Gasteiger partial charge on any atom is -0.487 e. The molecule has 0 saturated heterocycles. The first-order valence-corrected chi connectivity index (χ1v) is 11.0. The van der Waals surface area contributed by atoms with E-state index in [2.05, 4.69) is 10.5 Å². The molecular weight excluding hydrogens is 416 g/mol. The number of nitrogens with one attached hydrogen (secondary N) is 1. The highest BCUT2D eigenvalue weighted by atomic mass is 16.6. The van der Waals surface area contributed by atoms with E-state index in [-0.39, 0.29) is 12.5 Å². The number of carbonyl (C=O) groups is 1. The number of hydrogen-bond acceptors (Lipinski definition) is 5. The number of ether oxygens (including phenoxy) is 1. The van der Waals surface area contributed by atoms with Crippen molar-refractivity contribution in [3.63, 3.8) is 0 Å². The van der Waals surface area contributed by atoms with E-state index in [0.29, 0.717) is 19.6 Å². The molecule has 0 aromatic heterocycles. The molecule has 0 unspecified atom stereocenters. The maximum Gasteiger partial charge on any atom is 0.303 e. The van der Waals surface area contributed by atoms with Gasteiger partial charge in [-0.1, -0.05) is 59.8 Å². The molecule has 0 aliphatic carbocycles. The SMILES string of the molecule is CC(C)O/N=C(\COc1ccc(CNc2ccc(CCC(=O)O)cc2)cc1)c1ccccc1. The number of anilines is 1. The summed E-state index contributed by atoms with van der Waals surface area (Å²) in [7, 11) is 0. The van der Waals surface area contributed by atoms with Gasteiger partial charge in [-0.05, 0) is 55.7 Å². The van der Waals surface area contributed by atoms with Gasteiger partial charge in [-0.25, -0.2) is 0 Å². The lowest BCUT2D eigenvalue weighted by molar-refractivity contribution is -0.136. The Labute approximate surface area is 194 Å². The molecule has 0 bridgehead atoms. The van der Waals surface area contributed by atoms with Crippen molar-refractivity contribution < 1.29 is 19.5 Å². The van der Waals surface area contributed by atoms with Crippen molar-refractivity contribution in [3.05, 3.63) is 95.6 Å². The Morgan fingerprint density at radius 3 is 2.24 bits per heavy atom. The fraction of sp³-hybridized carbons (Fsp3) is 0.259. The summed E-state index contributed by atoms with van der Waals surface area (Å²) in [5.41, 5.74) is 4.83. The second-order valence-electron chi connectivity index (χ2n) is 7.94. The molecule has 0 radical (unpaired) electrons. The van der Waals surface area contributed by atoms with Crippen LogP contribution in [0.1, 0.15) is 37.0 Å². The van der Waals surface area contributed by atoms with Crippen molar-refractivity contribution >= 4 is 17.4 Å². The van der Waals surface area contributed by atoms with E-state index in [1.807, 2.05) is 92.7 Å². The lowest BCUT2D eigenvalue weighted by Gasteiger charge is -2.12. The van der Waals surface area contributed by atoms with Crippen LogP contribution in [0.3, 0.4) is 0 Å². The van der Waals surface area contributed by atoms with Crippen LogP contribution in [-0.2, 0) is 22.6 Å². The molecule has 3 rings (SSSR count). The zero-order valence-corrected chi connectivity index (χ0v) is 19.0. The van der Waals surface area contributed by atoms with Gasteiger partial charge in [0, 0.05) is 24.2 Å². The lowest BCUT2D eigenvalue weighted by Crippen LogP contribution is -2.14.